The maximum Gasteiger partial charge on any atom is 0.407 e. The summed E-state index contributed by atoms with van der Waals surface area (Å²) in [6.45, 7) is 9.21. The van der Waals surface area contributed by atoms with Crippen LogP contribution >= 0.6 is 0 Å². The van der Waals surface area contributed by atoms with E-state index in [2.05, 4.69) is 27.8 Å². The van der Waals surface area contributed by atoms with Crippen LogP contribution in [0.5, 0.6) is 0 Å². The monoisotopic (exact) mass is 371 g/mol. The topological polar surface area (TPSA) is 85.4 Å². The summed E-state index contributed by atoms with van der Waals surface area (Å²) in [5.41, 5.74) is 9.70. The number of imidazole rings is 1. The van der Waals surface area contributed by atoms with Gasteiger partial charge in [-0.15, -0.1) is 0 Å². The Morgan fingerprint density at radius 1 is 1.30 bits per heavy atom. The average molecular weight is 371 g/mol. The summed E-state index contributed by atoms with van der Waals surface area (Å²) in [7, 11) is 0. The van der Waals surface area contributed by atoms with Crippen molar-refractivity contribution in [3.63, 3.8) is 0 Å². The highest BCUT2D eigenvalue weighted by Gasteiger charge is 2.31. The lowest BCUT2D eigenvalue weighted by Crippen LogP contribution is -2.40. The van der Waals surface area contributed by atoms with Gasteiger partial charge in [0.25, 0.3) is 0 Å². The van der Waals surface area contributed by atoms with Crippen LogP contribution in [0, 0.1) is 6.92 Å². The largest absolute Gasteiger partial charge is 0.444 e. The standard InChI is InChI=1S/C20H29N5O2/c1-12-22-17-16(25(12)14-5-6-14)8-7-15(21)18(17)24-10-9-13(11-24)23-19(26)27-20(2,3)4/h7-8,13-14H,5-6,9-11,21H2,1-4H3,(H,23,26)/t13-/m0/s1. The van der Waals surface area contributed by atoms with E-state index < -0.39 is 5.60 Å². The second-order valence-electron chi connectivity index (χ2n) is 8.71. The zero-order valence-corrected chi connectivity index (χ0v) is 16.6. The zero-order valence-electron chi connectivity index (χ0n) is 16.6. The number of carbonyl (C=O) groups is 1. The lowest BCUT2D eigenvalue weighted by Gasteiger charge is -2.23. The summed E-state index contributed by atoms with van der Waals surface area (Å²) in [6.07, 6.45) is 2.93. The first-order chi connectivity index (χ1) is 12.7. The van der Waals surface area contributed by atoms with Crippen molar-refractivity contribution >= 4 is 28.5 Å². The zero-order chi connectivity index (χ0) is 19.3. The van der Waals surface area contributed by atoms with Crippen LogP contribution in [0.1, 0.15) is 51.9 Å². The van der Waals surface area contributed by atoms with Gasteiger partial charge >= 0.3 is 6.09 Å². The molecular formula is C20H29N5O2. The fourth-order valence-electron chi connectivity index (χ4n) is 3.96. The molecule has 1 saturated heterocycles. The van der Waals surface area contributed by atoms with Crippen molar-refractivity contribution in [1.29, 1.82) is 0 Å². The van der Waals surface area contributed by atoms with E-state index in [4.69, 9.17) is 15.5 Å². The van der Waals surface area contributed by atoms with Gasteiger partial charge in [0.05, 0.1) is 22.9 Å². The fourth-order valence-corrected chi connectivity index (χ4v) is 3.96. The molecule has 0 unspecified atom stereocenters. The van der Waals surface area contributed by atoms with Crippen LogP contribution in [0.25, 0.3) is 11.0 Å². The molecule has 1 aliphatic carbocycles. The van der Waals surface area contributed by atoms with E-state index >= 15 is 0 Å². The number of hydrogen-bond donors (Lipinski definition) is 2. The number of aromatic nitrogens is 2. The van der Waals surface area contributed by atoms with Crippen LogP contribution in [0.4, 0.5) is 16.2 Å². The number of benzene rings is 1. The molecule has 7 heteroatoms. The Kier molecular flexibility index (Phi) is 4.20. The Labute approximate surface area is 159 Å². The Bertz CT molecular complexity index is 879. The first-order valence-corrected chi connectivity index (χ1v) is 9.74. The van der Waals surface area contributed by atoms with Crippen LogP contribution in [0.15, 0.2) is 12.1 Å². The third-order valence-corrected chi connectivity index (χ3v) is 5.18. The van der Waals surface area contributed by atoms with Gasteiger partial charge in [-0.05, 0) is 59.1 Å². The second-order valence-corrected chi connectivity index (χ2v) is 8.71. The molecule has 0 radical (unpaired) electrons. The molecule has 1 atom stereocenters. The molecule has 1 aromatic heterocycles. The van der Waals surface area contributed by atoms with Gasteiger partial charge in [-0.1, -0.05) is 0 Å². The van der Waals surface area contributed by atoms with E-state index in [1.54, 1.807) is 0 Å². The predicted octanol–water partition coefficient (Wildman–Crippen LogP) is 3.37. The van der Waals surface area contributed by atoms with Gasteiger partial charge in [-0.3, -0.25) is 0 Å². The number of alkyl carbamates (subject to hydrolysis) is 1. The van der Waals surface area contributed by atoms with Gasteiger partial charge < -0.3 is 25.3 Å². The number of aryl methyl sites for hydroxylation is 1. The van der Waals surface area contributed by atoms with Gasteiger partial charge in [0.15, 0.2) is 0 Å². The van der Waals surface area contributed by atoms with Crippen molar-refractivity contribution in [1.82, 2.24) is 14.9 Å². The number of fused-ring (bicyclic) bond motifs is 1. The molecular weight excluding hydrogens is 342 g/mol. The third kappa shape index (κ3) is 3.55. The number of amides is 1. The van der Waals surface area contributed by atoms with Gasteiger partial charge in [-0.2, -0.15) is 0 Å². The van der Waals surface area contributed by atoms with Gasteiger partial charge in [0, 0.05) is 19.1 Å². The number of nitrogens with two attached hydrogens (primary N) is 1. The SMILES string of the molecule is Cc1nc2c(N3CC[C@H](NC(=O)OC(C)(C)C)C3)c(N)ccc2n1C1CC1. The summed E-state index contributed by atoms with van der Waals surface area (Å²) >= 11 is 0. The third-order valence-electron chi connectivity index (χ3n) is 5.18. The van der Waals surface area contributed by atoms with E-state index in [-0.39, 0.29) is 12.1 Å². The van der Waals surface area contributed by atoms with E-state index in [1.165, 1.54) is 12.8 Å². The van der Waals surface area contributed by atoms with Gasteiger partial charge in [0.1, 0.15) is 16.9 Å². The molecule has 2 aromatic rings. The van der Waals surface area contributed by atoms with Crippen LogP contribution in [0.2, 0.25) is 0 Å². The second kappa shape index (κ2) is 6.32. The Balaban J connectivity index is 1.56. The quantitative estimate of drug-likeness (QED) is 0.808. The highest BCUT2D eigenvalue weighted by atomic mass is 16.6. The molecule has 7 nitrogen and oxygen atoms in total. The number of hydrogen-bond acceptors (Lipinski definition) is 5. The first kappa shape index (κ1) is 17.9. The minimum absolute atomic E-state index is 0.0427. The lowest BCUT2D eigenvalue weighted by atomic mass is 10.2. The molecule has 2 heterocycles. The maximum absolute atomic E-state index is 12.1. The molecule has 0 bridgehead atoms. The lowest BCUT2D eigenvalue weighted by molar-refractivity contribution is 0.0509. The molecule has 4 rings (SSSR count). The number of nitrogens with zero attached hydrogens (tertiary/aromatic N) is 3. The molecule has 2 aliphatic rings. The molecule has 146 valence electrons. The number of carbonyl (C=O) groups excluding carboxylic acids is 1. The summed E-state index contributed by atoms with van der Waals surface area (Å²) in [6, 6.07) is 4.68. The number of rotatable bonds is 3. The molecule has 1 aliphatic heterocycles. The number of ether oxygens (including phenoxy) is 1. The molecule has 2 fully saturated rings. The predicted molar refractivity (Wildman–Crippen MR) is 107 cm³/mol. The highest BCUT2D eigenvalue weighted by Crippen LogP contribution is 2.42. The van der Waals surface area contributed by atoms with E-state index in [0.29, 0.717) is 12.6 Å². The summed E-state index contributed by atoms with van der Waals surface area (Å²) in [5.74, 6) is 1.04. The smallest absolute Gasteiger partial charge is 0.407 e. The van der Waals surface area contributed by atoms with Gasteiger partial charge in [-0.25, -0.2) is 9.78 Å². The summed E-state index contributed by atoms with van der Waals surface area (Å²) in [5, 5.41) is 2.98. The Morgan fingerprint density at radius 2 is 2.04 bits per heavy atom. The first-order valence-electron chi connectivity index (χ1n) is 9.74. The van der Waals surface area contributed by atoms with Crippen molar-refractivity contribution in [3.8, 4) is 0 Å². The van der Waals surface area contributed by atoms with Crippen LogP contribution in [-0.2, 0) is 4.74 Å². The fraction of sp³-hybridized carbons (Fsp3) is 0.600. The summed E-state index contributed by atoms with van der Waals surface area (Å²) < 4.78 is 7.72. The number of anilines is 2. The van der Waals surface area contributed by atoms with Crippen molar-refractivity contribution in [2.45, 2.75) is 64.6 Å². The van der Waals surface area contributed by atoms with E-state index in [1.807, 2.05) is 26.8 Å². The Morgan fingerprint density at radius 3 is 2.70 bits per heavy atom. The van der Waals surface area contributed by atoms with Gasteiger partial charge in [0.2, 0.25) is 0 Å². The van der Waals surface area contributed by atoms with Crippen LogP contribution < -0.4 is 16.0 Å². The molecule has 27 heavy (non-hydrogen) atoms. The molecule has 0 spiro atoms. The average Bonchev–Trinajstić information content (AvgIpc) is 3.18. The molecule has 1 amide bonds. The summed E-state index contributed by atoms with van der Waals surface area (Å²) in [4.78, 5) is 19.2. The molecule has 1 aromatic carbocycles. The van der Waals surface area contributed by atoms with Crippen LogP contribution in [-0.4, -0.2) is 40.4 Å². The van der Waals surface area contributed by atoms with Crippen molar-refractivity contribution in [2.24, 2.45) is 0 Å². The number of nitrogen functional groups attached to an aromatic ring is 1. The van der Waals surface area contributed by atoms with Crippen LogP contribution in [0.3, 0.4) is 0 Å². The van der Waals surface area contributed by atoms with Crippen molar-refractivity contribution < 1.29 is 9.53 Å². The van der Waals surface area contributed by atoms with Crippen molar-refractivity contribution in [2.75, 3.05) is 23.7 Å². The minimum Gasteiger partial charge on any atom is -0.444 e. The van der Waals surface area contributed by atoms with Crippen molar-refractivity contribution in [3.05, 3.63) is 18.0 Å². The minimum atomic E-state index is -0.494. The number of nitrogens with one attached hydrogen (secondary N) is 1. The molecule has 1 saturated carbocycles. The maximum atomic E-state index is 12.1. The normalized spacial score (nSPS) is 20.3. The highest BCUT2D eigenvalue weighted by molar-refractivity contribution is 5.96. The Hall–Kier alpha value is -2.44. The molecule has 3 N–H and O–H groups in total. The van der Waals surface area contributed by atoms with E-state index in [9.17, 15) is 4.79 Å². The van der Waals surface area contributed by atoms with E-state index in [0.717, 1.165) is 41.2 Å².